The van der Waals surface area contributed by atoms with E-state index >= 15 is 0 Å². The summed E-state index contributed by atoms with van der Waals surface area (Å²) >= 11 is 0. The molecular formula is C23H28F3N3O2. The van der Waals surface area contributed by atoms with E-state index < -0.39 is 6.18 Å². The van der Waals surface area contributed by atoms with Crippen molar-refractivity contribution < 1.29 is 22.8 Å². The molecule has 0 spiro atoms. The van der Waals surface area contributed by atoms with E-state index in [0.717, 1.165) is 36.1 Å². The molecule has 0 radical (unpaired) electrons. The molecule has 1 unspecified atom stereocenters. The second-order valence-electron chi connectivity index (χ2n) is 8.21. The summed E-state index contributed by atoms with van der Waals surface area (Å²) in [5, 5.41) is 3.52. The third-order valence-corrected chi connectivity index (χ3v) is 5.87. The van der Waals surface area contributed by atoms with Crippen LogP contribution >= 0.6 is 0 Å². The molecule has 5 nitrogen and oxygen atoms in total. The van der Waals surface area contributed by atoms with Gasteiger partial charge in [0.05, 0.1) is 11.4 Å². The number of nitrogens with one attached hydrogen (secondary N) is 1. The number of nitrogens with zero attached hydrogens (tertiary/aromatic N) is 2. The fraction of sp³-hybridized carbons (Fsp3) is 0.522. The Hall–Kier alpha value is -2.48. The third-order valence-electron chi connectivity index (χ3n) is 5.87. The molecule has 0 saturated carbocycles. The maximum atomic E-state index is 12.2. The molecule has 2 aliphatic rings. The van der Waals surface area contributed by atoms with Crippen molar-refractivity contribution in [3.63, 3.8) is 0 Å². The van der Waals surface area contributed by atoms with Crippen molar-refractivity contribution >= 4 is 22.7 Å². The summed E-state index contributed by atoms with van der Waals surface area (Å²) in [5.74, 6) is -0.0614. The number of aromatic nitrogens is 1. The average molecular weight is 435 g/mol. The summed E-state index contributed by atoms with van der Waals surface area (Å²) in [7, 11) is 0. The van der Waals surface area contributed by atoms with Gasteiger partial charge in [-0.15, -0.1) is 0 Å². The fourth-order valence-corrected chi connectivity index (χ4v) is 4.21. The molecule has 1 aromatic carbocycles. The van der Waals surface area contributed by atoms with Gasteiger partial charge in [0, 0.05) is 24.9 Å². The Balaban J connectivity index is 0.000000491. The van der Waals surface area contributed by atoms with Gasteiger partial charge in [-0.2, -0.15) is 13.2 Å². The minimum absolute atomic E-state index is 0.180. The van der Waals surface area contributed by atoms with E-state index in [1.54, 1.807) is 6.20 Å². The van der Waals surface area contributed by atoms with Crippen molar-refractivity contribution in [2.24, 2.45) is 0 Å². The summed E-state index contributed by atoms with van der Waals surface area (Å²) in [5.41, 5.74) is 3.23. The third kappa shape index (κ3) is 6.50. The number of alkyl halides is 3. The summed E-state index contributed by atoms with van der Waals surface area (Å²) in [4.78, 5) is 30.6. The quantitative estimate of drug-likeness (QED) is 0.720. The first-order valence-electron chi connectivity index (χ1n) is 10.7. The van der Waals surface area contributed by atoms with E-state index in [-0.39, 0.29) is 24.7 Å². The number of carbonyl (C=O) groups is 2. The summed E-state index contributed by atoms with van der Waals surface area (Å²) in [6, 6.07) is 8.61. The van der Waals surface area contributed by atoms with Crippen molar-refractivity contribution in [2.45, 2.75) is 57.5 Å². The molecule has 3 heterocycles. The first-order valence-corrected chi connectivity index (χ1v) is 10.7. The number of pyridine rings is 1. The fourth-order valence-electron chi connectivity index (χ4n) is 4.21. The van der Waals surface area contributed by atoms with Gasteiger partial charge >= 0.3 is 6.18 Å². The van der Waals surface area contributed by atoms with Crippen LogP contribution in [-0.2, 0) is 9.59 Å². The minimum atomic E-state index is -4.00. The second-order valence-corrected chi connectivity index (χ2v) is 8.21. The maximum Gasteiger partial charge on any atom is 0.386 e. The predicted molar refractivity (Wildman–Crippen MR) is 113 cm³/mol. The molecule has 1 aromatic heterocycles. The lowest BCUT2D eigenvalue weighted by Gasteiger charge is -2.31. The number of imide groups is 1. The van der Waals surface area contributed by atoms with Crippen LogP contribution in [0.15, 0.2) is 30.5 Å². The molecule has 0 aliphatic carbocycles. The number of halogens is 3. The number of fused-ring (bicyclic) bond motifs is 1. The molecule has 8 heteroatoms. The Morgan fingerprint density at radius 1 is 1.10 bits per heavy atom. The lowest BCUT2D eigenvalue weighted by molar-refractivity contribution is -0.134. The zero-order valence-corrected chi connectivity index (χ0v) is 17.8. The number of piperidine rings is 2. The average Bonchev–Trinajstić information content (AvgIpc) is 2.72. The summed E-state index contributed by atoms with van der Waals surface area (Å²) < 4.78 is 31.1. The number of carbonyl (C=O) groups excluding carboxylic acids is 2. The van der Waals surface area contributed by atoms with E-state index in [2.05, 4.69) is 46.4 Å². The molecule has 2 aromatic rings. The van der Waals surface area contributed by atoms with Crippen LogP contribution in [0.1, 0.15) is 62.5 Å². The van der Waals surface area contributed by atoms with Gasteiger partial charge in [0.2, 0.25) is 11.8 Å². The molecule has 2 saturated heterocycles. The van der Waals surface area contributed by atoms with E-state index in [1.807, 2.05) is 0 Å². The van der Waals surface area contributed by atoms with Gasteiger partial charge in [-0.25, -0.2) is 0 Å². The Kier molecular flexibility index (Phi) is 7.30. The highest BCUT2D eigenvalue weighted by Crippen LogP contribution is 2.31. The number of hydrogen-bond acceptors (Lipinski definition) is 4. The van der Waals surface area contributed by atoms with Crippen molar-refractivity contribution in [3.8, 4) is 0 Å². The number of hydrogen-bond donors (Lipinski definition) is 1. The van der Waals surface area contributed by atoms with Crippen molar-refractivity contribution in [1.82, 2.24) is 15.2 Å². The van der Waals surface area contributed by atoms with Crippen LogP contribution in [-0.4, -0.2) is 47.5 Å². The van der Waals surface area contributed by atoms with Gasteiger partial charge < -0.3 is 4.90 Å². The van der Waals surface area contributed by atoms with Gasteiger partial charge in [-0.05, 0) is 74.1 Å². The smallest absolute Gasteiger partial charge is 0.304 e. The normalized spacial score (nSPS) is 20.9. The van der Waals surface area contributed by atoms with E-state index in [9.17, 15) is 22.8 Å². The highest BCUT2D eigenvalue weighted by molar-refractivity contribution is 6.01. The van der Waals surface area contributed by atoms with Gasteiger partial charge in [0.25, 0.3) is 0 Å². The van der Waals surface area contributed by atoms with Crippen LogP contribution < -0.4 is 5.32 Å². The van der Waals surface area contributed by atoms with Crippen LogP contribution in [0.2, 0.25) is 0 Å². The van der Waals surface area contributed by atoms with Gasteiger partial charge in [0.1, 0.15) is 0 Å². The molecule has 168 valence electrons. The first kappa shape index (κ1) is 23.2. The molecule has 31 heavy (non-hydrogen) atoms. The molecule has 2 fully saturated rings. The molecule has 2 amide bonds. The zero-order chi connectivity index (χ0) is 22.6. The Labute approximate surface area is 180 Å². The largest absolute Gasteiger partial charge is 0.386 e. The van der Waals surface area contributed by atoms with Gasteiger partial charge in [-0.1, -0.05) is 13.0 Å². The lowest BCUT2D eigenvalue weighted by Crippen LogP contribution is -2.39. The van der Waals surface area contributed by atoms with E-state index in [0.29, 0.717) is 18.8 Å². The van der Waals surface area contributed by atoms with Crippen LogP contribution in [0.25, 0.3) is 10.9 Å². The highest BCUT2D eigenvalue weighted by Gasteiger charge is 2.28. The minimum Gasteiger partial charge on any atom is -0.304 e. The zero-order valence-electron chi connectivity index (χ0n) is 17.8. The standard InChI is InChI=1S/C21H25N3O2.C2H3F3/c1-2-24-9-7-14(8-10-24)15-3-5-19-16(11-15)12-17(13-22-19)18-4-6-20(25)23-21(18)26;1-2(3,4)5/h3,5,11-14,18H,2,4,6-10H2,1H3,(H,23,25,26);1H3. The Morgan fingerprint density at radius 3 is 2.35 bits per heavy atom. The molecule has 2 aliphatic heterocycles. The van der Waals surface area contributed by atoms with Crippen LogP contribution in [0, 0.1) is 0 Å². The van der Waals surface area contributed by atoms with E-state index in [4.69, 9.17) is 0 Å². The summed E-state index contributed by atoms with van der Waals surface area (Å²) in [6.45, 7) is 5.86. The highest BCUT2D eigenvalue weighted by atomic mass is 19.4. The Bertz CT molecular complexity index is 931. The SMILES string of the molecule is CC(F)(F)F.CCN1CCC(c2ccc3ncc(C4CCC(=O)NC4=O)cc3c2)CC1. The molecular weight excluding hydrogens is 407 g/mol. The lowest BCUT2D eigenvalue weighted by atomic mass is 9.87. The number of likely N-dealkylation sites (tertiary alicyclic amines) is 1. The van der Waals surface area contributed by atoms with Crippen molar-refractivity contribution in [1.29, 1.82) is 0 Å². The number of benzene rings is 1. The molecule has 4 rings (SSSR count). The number of rotatable bonds is 3. The molecule has 0 bridgehead atoms. The first-order chi connectivity index (χ1) is 14.6. The Morgan fingerprint density at radius 2 is 1.74 bits per heavy atom. The predicted octanol–water partition coefficient (Wildman–Crippen LogP) is 4.52. The monoisotopic (exact) mass is 435 g/mol. The van der Waals surface area contributed by atoms with Crippen LogP contribution in [0.5, 0.6) is 0 Å². The molecule has 1 N–H and O–H groups in total. The van der Waals surface area contributed by atoms with Gasteiger partial charge in [0.15, 0.2) is 0 Å². The van der Waals surface area contributed by atoms with Crippen molar-refractivity contribution in [3.05, 3.63) is 41.6 Å². The molecule has 1 atom stereocenters. The second kappa shape index (κ2) is 9.77. The summed E-state index contributed by atoms with van der Waals surface area (Å²) in [6.07, 6.45) is 1.12. The maximum absolute atomic E-state index is 12.2. The van der Waals surface area contributed by atoms with Crippen molar-refractivity contribution in [2.75, 3.05) is 19.6 Å². The van der Waals surface area contributed by atoms with Crippen LogP contribution in [0.3, 0.4) is 0 Å². The number of amides is 2. The van der Waals surface area contributed by atoms with Crippen LogP contribution in [0.4, 0.5) is 13.2 Å². The van der Waals surface area contributed by atoms with E-state index in [1.165, 1.54) is 18.4 Å². The topological polar surface area (TPSA) is 62.3 Å². The van der Waals surface area contributed by atoms with Gasteiger partial charge in [-0.3, -0.25) is 19.9 Å².